The van der Waals surface area contributed by atoms with E-state index in [1.807, 2.05) is 0 Å². The van der Waals surface area contributed by atoms with E-state index in [0.717, 1.165) is 6.42 Å². The van der Waals surface area contributed by atoms with E-state index < -0.39 is 0 Å². The van der Waals surface area contributed by atoms with Crippen LogP contribution in [0.5, 0.6) is 0 Å². The first-order chi connectivity index (χ1) is 11.1. The van der Waals surface area contributed by atoms with Crippen LogP contribution in [-0.4, -0.2) is 0 Å². The van der Waals surface area contributed by atoms with Crippen molar-refractivity contribution in [1.29, 1.82) is 0 Å². The minimum absolute atomic E-state index is 0.614. The first-order valence-electron chi connectivity index (χ1n) is 8.45. The van der Waals surface area contributed by atoms with Gasteiger partial charge in [0.15, 0.2) is 0 Å². The van der Waals surface area contributed by atoms with Crippen LogP contribution in [0.1, 0.15) is 30.5 Å². The molecule has 3 aromatic carbocycles. The highest BCUT2D eigenvalue weighted by atomic mass is 14.2. The second-order valence-corrected chi connectivity index (χ2v) is 6.96. The SMILES string of the molecule is Cc1cc2c(c(-c3cccc4ccccc34)c1)C=C(C(C)C)C2. The van der Waals surface area contributed by atoms with Crippen molar-refractivity contribution in [3.63, 3.8) is 0 Å². The molecular weight excluding hydrogens is 276 g/mol. The van der Waals surface area contributed by atoms with E-state index >= 15 is 0 Å². The van der Waals surface area contributed by atoms with Crippen LogP contribution in [-0.2, 0) is 6.42 Å². The van der Waals surface area contributed by atoms with Crippen molar-refractivity contribution in [3.8, 4) is 11.1 Å². The third-order valence-electron chi connectivity index (χ3n) is 4.96. The van der Waals surface area contributed by atoms with Gasteiger partial charge in [-0.1, -0.05) is 85.7 Å². The maximum absolute atomic E-state index is 2.43. The summed E-state index contributed by atoms with van der Waals surface area (Å²) >= 11 is 0. The topological polar surface area (TPSA) is 0 Å². The maximum Gasteiger partial charge on any atom is -0.00549 e. The van der Waals surface area contributed by atoms with Crippen molar-refractivity contribution < 1.29 is 0 Å². The van der Waals surface area contributed by atoms with Crippen molar-refractivity contribution in [2.45, 2.75) is 27.2 Å². The third kappa shape index (κ3) is 2.39. The molecule has 1 aliphatic rings. The highest BCUT2D eigenvalue weighted by Crippen LogP contribution is 2.39. The van der Waals surface area contributed by atoms with Crippen molar-refractivity contribution in [3.05, 3.63) is 76.9 Å². The van der Waals surface area contributed by atoms with Gasteiger partial charge < -0.3 is 0 Å². The molecule has 23 heavy (non-hydrogen) atoms. The summed E-state index contributed by atoms with van der Waals surface area (Å²) < 4.78 is 0. The summed E-state index contributed by atoms with van der Waals surface area (Å²) in [5.74, 6) is 0.614. The number of hydrogen-bond donors (Lipinski definition) is 0. The van der Waals surface area contributed by atoms with Gasteiger partial charge in [0.05, 0.1) is 0 Å². The molecule has 0 nitrogen and oxygen atoms in total. The van der Waals surface area contributed by atoms with Gasteiger partial charge in [0.2, 0.25) is 0 Å². The van der Waals surface area contributed by atoms with Gasteiger partial charge >= 0.3 is 0 Å². The normalized spacial score (nSPS) is 13.5. The molecule has 4 rings (SSSR count). The fourth-order valence-electron chi connectivity index (χ4n) is 3.70. The smallest absolute Gasteiger partial charge is 0.00549 e. The predicted octanol–water partition coefficient (Wildman–Crippen LogP) is 6.41. The van der Waals surface area contributed by atoms with Gasteiger partial charge in [0, 0.05) is 0 Å². The Kier molecular flexibility index (Phi) is 3.34. The molecule has 0 saturated heterocycles. The lowest BCUT2D eigenvalue weighted by Gasteiger charge is -2.12. The Labute approximate surface area is 138 Å². The Morgan fingerprint density at radius 2 is 1.65 bits per heavy atom. The Morgan fingerprint density at radius 1 is 0.870 bits per heavy atom. The number of benzene rings is 3. The van der Waals surface area contributed by atoms with Gasteiger partial charge in [-0.3, -0.25) is 0 Å². The van der Waals surface area contributed by atoms with Gasteiger partial charge in [-0.05, 0) is 52.3 Å². The zero-order valence-electron chi connectivity index (χ0n) is 14.1. The van der Waals surface area contributed by atoms with Crippen LogP contribution in [0.2, 0.25) is 0 Å². The maximum atomic E-state index is 2.43. The molecule has 0 spiro atoms. The summed E-state index contributed by atoms with van der Waals surface area (Å²) in [7, 11) is 0. The van der Waals surface area contributed by atoms with E-state index in [9.17, 15) is 0 Å². The minimum atomic E-state index is 0.614. The number of fused-ring (bicyclic) bond motifs is 2. The molecule has 1 aliphatic carbocycles. The van der Waals surface area contributed by atoms with Gasteiger partial charge in [0.25, 0.3) is 0 Å². The molecule has 0 bridgehead atoms. The summed E-state index contributed by atoms with van der Waals surface area (Å²) in [6.45, 7) is 6.80. The second-order valence-electron chi connectivity index (χ2n) is 6.96. The average Bonchev–Trinajstić information content (AvgIpc) is 2.97. The Hall–Kier alpha value is -2.34. The van der Waals surface area contributed by atoms with Crippen LogP contribution < -0.4 is 0 Å². The van der Waals surface area contributed by atoms with Crippen molar-refractivity contribution in [2.75, 3.05) is 0 Å². The first kappa shape index (κ1) is 14.3. The number of hydrogen-bond acceptors (Lipinski definition) is 0. The Morgan fingerprint density at radius 3 is 2.48 bits per heavy atom. The van der Waals surface area contributed by atoms with Crippen molar-refractivity contribution in [1.82, 2.24) is 0 Å². The van der Waals surface area contributed by atoms with Crippen molar-refractivity contribution in [2.24, 2.45) is 5.92 Å². The van der Waals surface area contributed by atoms with E-state index in [1.54, 1.807) is 5.57 Å². The molecule has 0 aromatic heterocycles. The molecule has 0 aliphatic heterocycles. The fourth-order valence-corrected chi connectivity index (χ4v) is 3.70. The van der Waals surface area contributed by atoms with E-state index in [4.69, 9.17) is 0 Å². The molecule has 0 atom stereocenters. The van der Waals surface area contributed by atoms with Crippen LogP contribution in [0, 0.1) is 12.8 Å². The molecule has 3 aromatic rings. The molecular formula is C23H22. The zero-order chi connectivity index (χ0) is 16.0. The highest BCUT2D eigenvalue weighted by Gasteiger charge is 2.19. The molecule has 0 unspecified atom stereocenters. The van der Waals surface area contributed by atoms with Crippen LogP contribution in [0.15, 0.2) is 60.2 Å². The summed E-state index contributed by atoms with van der Waals surface area (Å²) in [5.41, 5.74) is 8.54. The summed E-state index contributed by atoms with van der Waals surface area (Å²) in [6, 6.07) is 20.0. The number of rotatable bonds is 2. The van der Waals surface area contributed by atoms with Gasteiger partial charge in [0.1, 0.15) is 0 Å². The van der Waals surface area contributed by atoms with Crippen LogP contribution >= 0.6 is 0 Å². The molecule has 0 heterocycles. The standard InChI is InChI=1S/C23H22/c1-15(2)18-13-19-11-16(3)12-23(22(19)14-18)21-10-6-8-17-7-4-5-9-20(17)21/h4-12,14-15H,13H2,1-3H3. The molecule has 114 valence electrons. The van der Waals surface area contributed by atoms with Gasteiger partial charge in [-0.25, -0.2) is 0 Å². The van der Waals surface area contributed by atoms with Crippen LogP contribution in [0.25, 0.3) is 28.0 Å². The Balaban J connectivity index is 2.00. The lowest BCUT2D eigenvalue weighted by atomic mass is 9.91. The van der Waals surface area contributed by atoms with E-state index in [-0.39, 0.29) is 0 Å². The lowest BCUT2D eigenvalue weighted by molar-refractivity contribution is 0.754. The average molecular weight is 298 g/mol. The summed E-state index contributed by atoms with van der Waals surface area (Å²) in [4.78, 5) is 0. The lowest BCUT2D eigenvalue weighted by Crippen LogP contribution is -1.94. The zero-order valence-corrected chi connectivity index (χ0v) is 14.1. The molecule has 0 saturated carbocycles. The minimum Gasteiger partial charge on any atom is -0.0626 e. The fraction of sp³-hybridized carbons (Fsp3) is 0.217. The van der Waals surface area contributed by atoms with Gasteiger partial charge in [-0.2, -0.15) is 0 Å². The van der Waals surface area contributed by atoms with E-state index in [1.165, 1.54) is 38.6 Å². The quantitative estimate of drug-likeness (QED) is 0.512. The molecule has 0 radical (unpaired) electrons. The van der Waals surface area contributed by atoms with Crippen LogP contribution in [0.4, 0.5) is 0 Å². The van der Waals surface area contributed by atoms with Crippen molar-refractivity contribution >= 4 is 16.8 Å². The highest BCUT2D eigenvalue weighted by molar-refractivity contribution is 5.99. The first-order valence-corrected chi connectivity index (χ1v) is 8.45. The molecule has 0 N–H and O–H groups in total. The molecule has 0 fully saturated rings. The number of aryl methyl sites for hydroxylation is 1. The molecule has 0 amide bonds. The van der Waals surface area contributed by atoms with E-state index in [0.29, 0.717) is 5.92 Å². The second kappa shape index (κ2) is 5.38. The summed E-state index contributed by atoms with van der Waals surface area (Å²) in [6.07, 6.45) is 3.53. The Bertz CT molecular complexity index is 921. The van der Waals surface area contributed by atoms with Gasteiger partial charge in [-0.15, -0.1) is 0 Å². The van der Waals surface area contributed by atoms with Crippen LogP contribution in [0.3, 0.4) is 0 Å². The third-order valence-corrected chi connectivity index (χ3v) is 4.96. The van der Waals surface area contributed by atoms with E-state index in [2.05, 4.69) is 81.4 Å². The largest absolute Gasteiger partial charge is 0.0626 e. The monoisotopic (exact) mass is 298 g/mol. The summed E-state index contributed by atoms with van der Waals surface area (Å²) in [5, 5.41) is 2.65. The number of allylic oxidation sites excluding steroid dienone is 1. The predicted molar refractivity (Wildman–Crippen MR) is 101 cm³/mol. The molecule has 0 heteroatoms.